The third kappa shape index (κ3) is 10.7. The molecule has 0 aliphatic carbocycles. The van der Waals surface area contributed by atoms with E-state index in [2.05, 4.69) is 24.4 Å². The van der Waals surface area contributed by atoms with Crippen LogP contribution in [-0.4, -0.2) is 40.7 Å². The molecule has 0 aliphatic rings. The van der Waals surface area contributed by atoms with E-state index in [1.54, 1.807) is 0 Å². The molecule has 1 aromatic carbocycles. The van der Waals surface area contributed by atoms with Crippen LogP contribution in [0.5, 0.6) is 0 Å². The molecule has 0 saturated carbocycles. The molecule has 0 saturated heterocycles. The fourth-order valence-corrected chi connectivity index (χ4v) is 3.11. The SMILES string of the molecule is CCCCCCCCc1cccc(CC(O)C(CO)OC(=O)NC(C)(C)C)c1. The highest BCUT2D eigenvalue weighted by Gasteiger charge is 2.25. The maximum Gasteiger partial charge on any atom is 0.407 e. The number of ether oxygens (including phenoxy) is 1. The summed E-state index contributed by atoms with van der Waals surface area (Å²) < 4.78 is 5.20. The second kappa shape index (κ2) is 12.8. The lowest BCUT2D eigenvalue weighted by atomic mass is 9.99. The van der Waals surface area contributed by atoms with Gasteiger partial charge in [-0.15, -0.1) is 0 Å². The van der Waals surface area contributed by atoms with Crippen molar-refractivity contribution < 1.29 is 19.7 Å². The molecule has 3 N–H and O–H groups in total. The fourth-order valence-electron chi connectivity index (χ4n) is 3.11. The first-order chi connectivity index (χ1) is 13.2. The fraction of sp³-hybridized carbons (Fsp3) is 0.696. The number of nitrogens with one attached hydrogen (secondary N) is 1. The Morgan fingerprint density at radius 3 is 2.39 bits per heavy atom. The Kier molecular flexibility index (Phi) is 11.2. The second-order valence-corrected chi connectivity index (χ2v) is 8.61. The van der Waals surface area contributed by atoms with Crippen molar-refractivity contribution in [1.82, 2.24) is 5.32 Å². The zero-order valence-electron chi connectivity index (χ0n) is 18.0. The maximum atomic E-state index is 11.9. The van der Waals surface area contributed by atoms with Gasteiger partial charge in [-0.05, 0) is 44.7 Å². The normalized spacial score (nSPS) is 13.8. The predicted octanol–water partition coefficient (Wildman–Crippen LogP) is 4.38. The minimum absolute atomic E-state index is 0.332. The number of aliphatic hydroxyl groups is 2. The van der Waals surface area contributed by atoms with E-state index < -0.39 is 30.4 Å². The summed E-state index contributed by atoms with van der Waals surface area (Å²) in [5.41, 5.74) is 1.80. The molecule has 1 amide bonds. The molecule has 2 unspecified atom stereocenters. The Hall–Kier alpha value is -1.59. The van der Waals surface area contributed by atoms with Crippen LogP contribution in [-0.2, 0) is 17.6 Å². The summed E-state index contributed by atoms with van der Waals surface area (Å²) in [5.74, 6) is 0. The Balaban J connectivity index is 2.50. The molecule has 0 aliphatic heterocycles. The highest BCUT2D eigenvalue weighted by Crippen LogP contribution is 2.15. The number of aliphatic hydroxyl groups excluding tert-OH is 2. The Morgan fingerprint density at radius 2 is 1.75 bits per heavy atom. The van der Waals surface area contributed by atoms with Crippen LogP contribution >= 0.6 is 0 Å². The molecule has 0 fully saturated rings. The van der Waals surface area contributed by atoms with Crippen molar-refractivity contribution in [2.24, 2.45) is 0 Å². The molecular weight excluding hydrogens is 354 g/mol. The number of hydrogen-bond donors (Lipinski definition) is 3. The van der Waals surface area contributed by atoms with Gasteiger partial charge in [-0.1, -0.05) is 63.3 Å². The first-order valence-electron chi connectivity index (χ1n) is 10.6. The van der Waals surface area contributed by atoms with Crippen molar-refractivity contribution in [2.45, 2.75) is 96.8 Å². The smallest absolute Gasteiger partial charge is 0.407 e. The summed E-state index contributed by atoms with van der Waals surface area (Å²) in [5, 5.41) is 22.6. The van der Waals surface area contributed by atoms with E-state index in [-0.39, 0.29) is 0 Å². The second-order valence-electron chi connectivity index (χ2n) is 8.61. The Labute approximate surface area is 170 Å². The minimum atomic E-state index is -0.958. The van der Waals surface area contributed by atoms with Crippen molar-refractivity contribution in [1.29, 1.82) is 0 Å². The quantitative estimate of drug-likeness (QED) is 0.461. The van der Waals surface area contributed by atoms with Crippen LogP contribution in [0.2, 0.25) is 0 Å². The number of aryl methyl sites for hydroxylation is 1. The number of unbranched alkanes of at least 4 members (excludes halogenated alkanes) is 5. The molecule has 0 bridgehead atoms. The summed E-state index contributed by atoms with van der Waals surface area (Å²) in [7, 11) is 0. The van der Waals surface area contributed by atoms with E-state index in [1.165, 1.54) is 44.1 Å². The van der Waals surface area contributed by atoms with E-state index in [9.17, 15) is 15.0 Å². The van der Waals surface area contributed by atoms with Crippen molar-refractivity contribution in [3.05, 3.63) is 35.4 Å². The average Bonchev–Trinajstić information content (AvgIpc) is 2.61. The minimum Gasteiger partial charge on any atom is -0.441 e. The molecule has 160 valence electrons. The number of benzene rings is 1. The van der Waals surface area contributed by atoms with Gasteiger partial charge in [0.05, 0.1) is 12.7 Å². The van der Waals surface area contributed by atoms with E-state index in [0.29, 0.717) is 6.42 Å². The highest BCUT2D eigenvalue weighted by atomic mass is 16.6. The topological polar surface area (TPSA) is 78.8 Å². The molecule has 2 atom stereocenters. The lowest BCUT2D eigenvalue weighted by molar-refractivity contribution is -0.0270. The molecule has 0 heterocycles. The molecule has 0 aromatic heterocycles. The molecule has 0 spiro atoms. The van der Waals surface area contributed by atoms with E-state index in [1.807, 2.05) is 32.9 Å². The molecule has 5 nitrogen and oxygen atoms in total. The number of carbonyl (C=O) groups is 1. The Bertz CT molecular complexity index is 568. The molecular formula is C23H39NO4. The van der Waals surface area contributed by atoms with Gasteiger partial charge < -0.3 is 20.3 Å². The zero-order valence-corrected chi connectivity index (χ0v) is 18.0. The zero-order chi connectivity index (χ0) is 21.0. The maximum absolute atomic E-state index is 11.9. The van der Waals surface area contributed by atoms with E-state index >= 15 is 0 Å². The number of rotatable bonds is 12. The van der Waals surface area contributed by atoms with Gasteiger partial charge in [-0.3, -0.25) is 0 Å². The van der Waals surface area contributed by atoms with Crippen LogP contribution in [0, 0.1) is 0 Å². The van der Waals surface area contributed by atoms with Crippen molar-refractivity contribution in [2.75, 3.05) is 6.61 Å². The molecule has 0 radical (unpaired) electrons. The number of hydrogen-bond acceptors (Lipinski definition) is 4. The molecule has 1 aromatic rings. The molecule has 28 heavy (non-hydrogen) atoms. The number of alkyl carbamates (subject to hydrolysis) is 1. The van der Waals surface area contributed by atoms with Crippen molar-refractivity contribution >= 4 is 6.09 Å². The van der Waals surface area contributed by atoms with Gasteiger partial charge in [0, 0.05) is 12.0 Å². The molecule has 5 heteroatoms. The third-order valence-corrected chi connectivity index (χ3v) is 4.60. The molecule has 1 rings (SSSR count). The standard InChI is InChI=1S/C23H39NO4/c1-5-6-7-8-9-10-12-18-13-11-14-19(15-18)16-20(26)21(17-25)28-22(27)24-23(2,3)4/h11,13-15,20-21,25-26H,5-10,12,16-17H2,1-4H3,(H,24,27). The van der Waals surface area contributed by atoms with Gasteiger partial charge in [0.25, 0.3) is 0 Å². The van der Waals surface area contributed by atoms with Crippen molar-refractivity contribution in [3.8, 4) is 0 Å². The first-order valence-corrected chi connectivity index (χ1v) is 10.6. The van der Waals surface area contributed by atoms with E-state index in [4.69, 9.17) is 4.74 Å². The van der Waals surface area contributed by atoms with Gasteiger partial charge in [-0.2, -0.15) is 0 Å². The van der Waals surface area contributed by atoms with Gasteiger partial charge in [-0.25, -0.2) is 4.79 Å². The van der Waals surface area contributed by atoms with Crippen LogP contribution in [0.3, 0.4) is 0 Å². The summed E-state index contributed by atoms with van der Waals surface area (Å²) in [6.07, 6.45) is 6.42. The largest absolute Gasteiger partial charge is 0.441 e. The van der Waals surface area contributed by atoms with Crippen LogP contribution in [0.15, 0.2) is 24.3 Å². The monoisotopic (exact) mass is 393 g/mol. The third-order valence-electron chi connectivity index (χ3n) is 4.60. The van der Waals surface area contributed by atoms with Gasteiger partial charge in [0.2, 0.25) is 0 Å². The lowest BCUT2D eigenvalue weighted by Gasteiger charge is -2.25. The van der Waals surface area contributed by atoms with Crippen LogP contribution < -0.4 is 5.32 Å². The summed E-state index contributed by atoms with van der Waals surface area (Å²) >= 11 is 0. The van der Waals surface area contributed by atoms with E-state index in [0.717, 1.165) is 12.0 Å². The summed E-state index contributed by atoms with van der Waals surface area (Å²) in [6, 6.07) is 8.16. The van der Waals surface area contributed by atoms with Crippen molar-refractivity contribution in [3.63, 3.8) is 0 Å². The van der Waals surface area contributed by atoms with Gasteiger partial charge in [0.15, 0.2) is 6.10 Å². The van der Waals surface area contributed by atoms with Gasteiger partial charge in [0.1, 0.15) is 0 Å². The number of carbonyl (C=O) groups excluding carboxylic acids is 1. The Morgan fingerprint density at radius 1 is 1.11 bits per heavy atom. The summed E-state index contributed by atoms with van der Waals surface area (Å²) in [4.78, 5) is 11.9. The first kappa shape index (κ1) is 24.4. The summed E-state index contributed by atoms with van der Waals surface area (Å²) in [6.45, 7) is 7.33. The lowest BCUT2D eigenvalue weighted by Crippen LogP contribution is -2.45. The van der Waals surface area contributed by atoms with Crippen LogP contribution in [0.1, 0.15) is 77.3 Å². The predicted molar refractivity (Wildman–Crippen MR) is 113 cm³/mol. The van der Waals surface area contributed by atoms with Crippen LogP contribution in [0.25, 0.3) is 0 Å². The van der Waals surface area contributed by atoms with Gasteiger partial charge >= 0.3 is 6.09 Å². The van der Waals surface area contributed by atoms with Crippen LogP contribution in [0.4, 0.5) is 4.79 Å². The average molecular weight is 394 g/mol. The number of amides is 1. The highest BCUT2D eigenvalue weighted by molar-refractivity contribution is 5.68.